The minimum Gasteiger partial charge on any atom is -0.324 e. The van der Waals surface area contributed by atoms with E-state index in [0.29, 0.717) is 11.5 Å². The topological polar surface area (TPSA) is 110 Å². The number of hydrogen-bond donors (Lipinski definition) is 1. The second kappa shape index (κ2) is 10.0. The standard InChI is InChI=1S/C23H21ClN6O3S/c1-2-29(19-11-7-4-8-12-19)34(32,33)21-15-18(13-14-20(21)24)25-22(31)16-30-27-23(26-28-30)17-9-5-3-6-10-17/h3-15H,2,16H2,1H3,(H,25,31). The molecule has 1 heterocycles. The number of benzene rings is 3. The Labute approximate surface area is 202 Å². The van der Waals surface area contributed by atoms with E-state index >= 15 is 0 Å². The van der Waals surface area contributed by atoms with Gasteiger partial charge in [-0.1, -0.05) is 60.1 Å². The second-order valence-electron chi connectivity index (χ2n) is 7.21. The summed E-state index contributed by atoms with van der Waals surface area (Å²) in [5.74, 6) is -0.0491. The summed E-state index contributed by atoms with van der Waals surface area (Å²) in [4.78, 5) is 13.6. The maximum absolute atomic E-state index is 13.3. The van der Waals surface area contributed by atoms with Crippen LogP contribution in [0, 0.1) is 0 Å². The molecule has 1 aromatic heterocycles. The second-order valence-corrected chi connectivity index (χ2v) is 9.45. The molecule has 0 atom stereocenters. The van der Waals surface area contributed by atoms with Crippen molar-refractivity contribution in [2.75, 3.05) is 16.2 Å². The van der Waals surface area contributed by atoms with Crippen LogP contribution in [0.3, 0.4) is 0 Å². The number of anilines is 2. The SMILES string of the molecule is CCN(c1ccccc1)S(=O)(=O)c1cc(NC(=O)Cn2nnc(-c3ccccc3)n2)ccc1Cl. The Balaban J connectivity index is 1.52. The fourth-order valence-electron chi connectivity index (χ4n) is 3.33. The molecule has 4 rings (SSSR count). The van der Waals surface area contributed by atoms with Crippen LogP contribution in [0.4, 0.5) is 11.4 Å². The average molecular weight is 497 g/mol. The van der Waals surface area contributed by atoms with Crippen molar-refractivity contribution >= 4 is 38.9 Å². The lowest BCUT2D eigenvalue weighted by Crippen LogP contribution is -2.31. The van der Waals surface area contributed by atoms with Crippen molar-refractivity contribution in [2.24, 2.45) is 0 Å². The number of carbonyl (C=O) groups is 1. The molecule has 0 unspecified atom stereocenters. The first-order chi connectivity index (χ1) is 16.4. The molecule has 9 nitrogen and oxygen atoms in total. The Kier molecular flexibility index (Phi) is 6.90. The summed E-state index contributed by atoms with van der Waals surface area (Å²) in [6.45, 7) is 1.75. The fraction of sp³-hybridized carbons (Fsp3) is 0.130. The Bertz CT molecular complexity index is 1390. The molecule has 0 aliphatic rings. The fourth-order valence-corrected chi connectivity index (χ4v) is 5.30. The van der Waals surface area contributed by atoms with Gasteiger partial charge in [-0.25, -0.2) is 8.42 Å². The monoisotopic (exact) mass is 496 g/mol. The molecule has 174 valence electrons. The molecule has 1 N–H and O–H groups in total. The number of para-hydroxylation sites is 1. The Morgan fingerprint density at radius 2 is 1.71 bits per heavy atom. The van der Waals surface area contributed by atoms with Crippen LogP contribution in [-0.2, 0) is 21.4 Å². The van der Waals surface area contributed by atoms with E-state index in [2.05, 4.69) is 20.7 Å². The minimum atomic E-state index is -3.97. The van der Waals surface area contributed by atoms with Gasteiger partial charge in [0.1, 0.15) is 11.4 Å². The lowest BCUT2D eigenvalue weighted by atomic mass is 10.2. The molecule has 0 bridgehead atoms. The summed E-state index contributed by atoms with van der Waals surface area (Å²) in [5, 5.41) is 14.8. The highest BCUT2D eigenvalue weighted by Gasteiger charge is 2.26. The number of nitrogens with zero attached hydrogens (tertiary/aromatic N) is 5. The van der Waals surface area contributed by atoms with Crippen molar-refractivity contribution in [1.29, 1.82) is 0 Å². The molecule has 0 spiro atoms. The number of rotatable bonds is 8. The van der Waals surface area contributed by atoms with Gasteiger partial charge < -0.3 is 5.32 Å². The van der Waals surface area contributed by atoms with E-state index in [0.717, 1.165) is 5.56 Å². The lowest BCUT2D eigenvalue weighted by Gasteiger charge is -2.23. The number of amides is 1. The van der Waals surface area contributed by atoms with Crippen molar-refractivity contribution in [3.63, 3.8) is 0 Å². The van der Waals surface area contributed by atoms with Crippen LogP contribution in [0.2, 0.25) is 5.02 Å². The van der Waals surface area contributed by atoms with Crippen LogP contribution >= 0.6 is 11.6 Å². The van der Waals surface area contributed by atoms with E-state index in [4.69, 9.17) is 11.6 Å². The van der Waals surface area contributed by atoms with Crippen molar-refractivity contribution in [2.45, 2.75) is 18.4 Å². The zero-order valence-electron chi connectivity index (χ0n) is 18.2. The van der Waals surface area contributed by atoms with Crippen LogP contribution in [0.15, 0.2) is 83.8 Å². The number of nitrogens with one attached hydrogen (secondary N) is 1. The third kappa shape index (κ3) is 5.08. The average Bonchev–Trinajstić information content (AvgIpc) is 3.30. The van der Waals surface area contributed by atoms with Crippen LogP contribution in [0.1, 0.15) is 6.92 Å². The first-order valence-electron chi connectivity index (χ1n) is 10.4. The van der Waals surface area contributed by atoms with E-state index in [1.54, 1.807) is 37.3 Å². The maximum atomic E-state index is 13.3. The molecular weight excluding hydrogens is 476 g/mol. The third-order valence-electron chi connectivity index (χ3n) is 4.88. The summed E-state index contributed by atoms with van der Waals surface area (Å²) < 4.78 is 27.9. The van der Waals surface area contributed by atoms with Crippen molar-refractivity contribution in [3.05, 3.63) is 83.9 Å². The van der Waals surface area contributed by atoms with E-state index in [1.807, 2.05) is 30.3 Å². The van der Waals surface area contributed by atoms with Crippen LogP contribution in [0.5, 0.6) is 0 Å². The quantitative estimate of drug-likeness (QED) is 0.396. The third-order valence-corrected chi connectivity index (χ3v) is 7.27. The summed E-state index contributed by atoms with van der Waals surface area (Å²) in [7, 11) is -3.97. The van der Waals surface area contributed by atoms with Crippen LogP contribution < -0.4 is 9.62 Å². The lowest BCUT2D eigenvalue weighted by molar-refractivity contribution is -0.117. The van der Waals surface area contributed by atoms with Crippen molar-refractivity contribution in [1.82, 2.24) is 20.2 Å². The van der Waals surface area contributed by atoms with Crippen LogP contribution in [-0.4, -0.2) is 41.1 Å². The normalized spacial score (nSPS) is 11.2. The van der Waals surface area contributed by atoms with Gasteiger partial charge in [-0.2, -0.15) is 4.80 Å². The molecule has 0 aliphatic carbocycles. The number of halogens is 1. The molecule has 0 saturated heterocycles. The highest BCUT2D eigenvalue weighted by Crippen LogP contribution is 2.30. The van der Waals surface area contributed by atoms with Gasteiger partial charge in [-0.05, 0) is 42.5 Å². The number of aromatic nitrogens is 4. The van der Waals surface area contributed by atoms with Gasteiger partial charge in [0.05, 0.1) is 10.7 Å². The summed E-state index contributed by atoms with van der Waals surface area (Å²) in [6, 6.07) is 22.3. The maximum Gasteiger partial charge on any atom is 0.265 e. The molecule has 0 radical (unpaired) electrons. The molecule has 11 heteroatoms. The van der Waals surface area contributed by atoms with Gasteiger partial charge >= 0.3 is 0 Å². The van der Waals surface area contributed by atoms with Gasteiger partial charge in [0.25, 0.3) is 10.0 Å². The Hall–Kier alpha value is -3.76. The zero-order chi connectivity index (χ0) is 24.1. The summed E-state index contributed by atoms with van der Waals surface area (Å²) >= 11 is 6.25. The van der Waals surface area contributed by atoms with Gasteiger partial charge in [0, 0.05) is 17.8 Å². The zero-order valence-corrected chi connectivity index (χ0v) is 19.7. The molecule has 0 aliphatic heterocycles. The molecule has 0 saturated carbocycles. The molecule has 0 fully saturated rings. The number of hydrogen-bond acceptors (Lipinski definition) is 6. The molecular formula is C23H21ClN6O3S. The minimum absolute atomic E-state index is 0.0535. The Morgan fingerprint density at radius 3 is 2.38 bits per heavy atom. The van der Waals surface area contributed by atoms with Crippen molar-refractivity contribution < 1.29 is 13.2 Å². The largest absolute Gasteiger partial charge is 0.324 e. The van der Waals surface area contributed by atoms with Gasteiger partial charge in [-0.3, -0.25) is 9.10 Å². The molecule has 4 aromatic rings. The molecule has 34 heavy (non-hydrogen) atoms. The highest BCUT2D eigenvalue weighted by atomic mass is 35.5. The van der Waals surface area contributed by atoms with E-state index in [1.165, 1.54) is 27.3 Å². The first kappa shape index (κ1) is 23.4. The Morgan fingerprint density at radius 1 is 1.03 bits per heavy atom. The van der Waals surface area contributed by atoms with Gasteiger partial charge in [0.15, 0.2) is 0 Å². The predicted molar refractivity (Wildman–Crippen MR) is 130 cm³/mol. The molecule has 1 amide bonds. The number of sulfonamides is 1. The number of carbonyl (C=O) groups excluding carboxylic acids is 1. The smallest absolute Gasteiger partial charge is 0.265 e. The van der Waals surface area contributed by atoms with E-state index in [9.17, 15) is 13.2 Å². The molecule has 3 aromatic carbocycles. The van der Waals surface area contributed by atoms with Crippen molar-refractivity contribution in [3.8, 4) is 11.4 Å². The summed E-state index contributed by atoms with van der Waals surface area (Å²) in [6.07, 6.45) is 0. The van der Waals surface area contributed by atoms with Crippen LogP contribution in [0.25, 0.3) is 11.4 Å². The van der Waals surface area contributed by atoms with Gasteiger partial charge in [-0.15, -0.1) is 10.2 Å². The predicted octanol–water partition coefficient (Wildman–Crippen LogP) is 3.85. The highest BCUT2D eigenvalue weighted by molar-refractivity contribution is 7.93. The van der Waals surface area contributed by atoms with Gasteiger partial charge in [0.2, 0.25) is 11.7 Å². The van der Waals surface area contributed by atoms with E-state index in [-0.39, 0.29) is 28.7 Å². The first-order valence-corrected chi connectivity index (χ1v) is 12.2. The summed E-state index contributed by atoms with van der Waals surface area (Å²) in [5.41, 5.74) is 1.57. The number of tetrazole rings is 1. The van der Waals surface area contributed by atoms with E-state index < -0.39 is 15.9 Å².